The van der Waals surface area contributed by atoms with Crippen molar-refractivity contribution in [2.24, 2.45) is 0 Å². The number of carbonyl (C=O) groups is 2. The molecule has 0 radical (unpaired) electrons. The van der Waals surface area contributed by atoms with Gasteiger partial charge in [-0.1, -0.05) is 12.1 Å². The third kappa shape index (κ3) is 3.74. The Kier molecular flexibility index (Phi) is 4.83. The number of rotatable bonds is 3. The van der Waals surface area contributed by atoms with Crippen LogP contribution >= 0.6 is 0 Å². The van der Waals surface area contributed by atoms with E-state index in [-0.39, 0.29) is 18.4 Å². The van der Waals surface area contributed by atoms with Gasteiger partial charge in [-0.05, 0) is 31.0 Å². The lowest BCUT2D eigenvalue weighted by atomic mass is 10.1. The Bertz CT molecular complexity index is 534. The Morgan fingerprint density at radius 1 is 1.10 bits per heavy atom. The molecular formula is C16H22N2O3. The third-order valence-corrected chi connectivity index (χ3v) is 3.98. The minimum absolute atomic E-state index is 0.0286. The fraction of sp³-hybridized carbons (Fsp3) is 0.500. The molecule has 0 unspecified atom stereocenters. The molecule has 21 heavy (non-hydrogen) atoms. The topological polar surface area (TPSA) is 49.9 Å². The summed E-state index contributed by atoms with van der Waals surface area (Å²) in [5.74, 6) is 0.790. The summed E-state index contributed by atoms with van der Waals surface area (Å²) in [7, 11) is 0. The lowest BCUT2D eigenvalue weighted by molar-refractivity contribution is -0.139. The Balaban J connectivity index is 1.85. The molecule has 0 bridgehead atoms. The first-order chi connectivity index (χ1) is 9.99. The van der Waals surface area contributed by atoms with Crippen molar-refractivity contribution in [2.75, 3.05) is 32.8 Å². The first kappa shape index (κ1) is 15.4. The molecule has 2 amide bonds. The molecule has 1 fully saturated rings. The zero-order chi connectivity index (χ0) is 15.4. The summed E-state index contributed by atoms with van der Waals surface area (Å²) in [5, 5.41) is 0. The van der Waals surface area contributed by atoms with E-state index in [0.29, 0.717) is 26.2 Å². The van der Waals surface area contributed by atoms with Crippen LogP contribution in [0.3, 0.4) is 0 Å². The zero-order valence-corrected chi connectivity index (χ0v) is 12.9. The highest BCUT2D eigenvalue weighted by molar-refractivity contribution is 5.78. The average molecular weight is 290 g/mol. The minimum Gasteiger partial charge on any atom is -0.483 e. The van der Waals surface area contributed by atoms with Crippen molar-refractivity contribution < 1.29 is 14.3 Å². The monoisotopic (exact) mass is 290 g/mol. The SMILES string of the molecule is CC(=O)N1CCN(C(=O)COc2cccc(C)c2C)CC1. The number of piperazine rings is 1. The highest BCUT2D eigenvalue weighted by Crippen LogP contribution is 2.20. The minimum atomic E-state index is -0.0286. The average Bonchev–Trinajstić information content (AvgIpc) is 2.48. The van der Waals surface area contributed by atoms with Crippen LogP contribution in [0.25, 0.3) is 0 Å². The normalized spacial score (nSPS) is 15.0. The molecule has 0 aromatic heterocycles. The number of benzene rings is 1. The van der Waals surface area contributed by atoms with Crippen molar-refractivity contribution in [1.82, 2.24) is 9.80 Å². The maximum Gasteiger partial charge on any atom is 0.260 e. The van der Waals surface area contributed by atoms with Gasteiger partial charge in [-0.3, -0.25) is 9.59 Å². The quantitative estimate of drug-likeness (QED) is 0.845. The van der Waals surface area contributed by atoms with Crippen LogP contribution in [-0.4, -0.2) is 54.4 Å². The summed E-state index contributed by atoms with van der Waals surface area (Å²) >= 11 is 0. The molecule has 1 heterocycles. The van der Waals surface area contributed by atoms with E-state index in [2.05, 4.69) is 0 Å². The number of aryl methyl sites for hydroxylation is 1. The smallest absolute Gasteiger partial charge is 0.260 e. The second-order valence-electron chi connectivity index (χ2n) is 5.37. The second-order valence-corrected chi connectivity index (χ2v) is 5.37. The van der Waals surface area contributed by atoms with E-state index in [1.165, 1.54) is 0 Å². The molecule has 5 nitrogen and oxygen atoms in total. The summed E-state index contributed by atoms with van der Waals surface area (Å²) < 4.78 is 5.64. The Labute approximate surface area is 125 Å². The van der Waals surface area contributed by atoms with Crippen molar-refractivity contribution in [2.45, 2.75) is 20.8 Å². The van der Waals surface area contributed by atoms with Crippen LogP contribution in [0.1, 0.15) is 18.1 Å². The van der Waals surface area contributed by atoms with Crippen LogP contribution in [0, 0.1) is 13.8 Å². The molecule has 1 aliphatic heterocycles. The van der Waals surface area contributed by atoms with Gasteiger partial charge in [-0.25, -0.2) is 0 Å². The standard InChI is InChI=1S/C16H22N2O3/c1-12-5-4-6-15(13(12)2)21-11-16(20)18-9-7-17(8-10-18)14(3)19/h4-6H,7-11H2,1-3H3. The molecule has 0 aliphatic carbocycles. The number of ether oxygens (including phenoxy) is 1. The summed E-state index contributed by atoms with van der Waals surface area (Å²) in [6.45, 7) is 7.97. The van der Waals surface area contributed by atoms with Crippen molar-refractivity contribution in [3.05, 3.63) is 29.3 Å². The molecule has 2 rings (SSSR count). The van der Waals surface area contributed by atoms with Gasteiger partial charge in [0, 0.05) is 33.1 Å². The van der Waals surface area contributed by atoms with Gasteiger partial charge in [0.1, 0.15) is 5.75 Å². The van der Waals surface area contributed by atoms with Gasteiger partial charge in [0.05, 0.1) is 0 Å². The number of hydrogen-bond acceptors (Lipinski definition) is 3. The third-order valence-electron chi connectivity index (χ3n) is 3.98. The van der Waals surface area contributed by atoms with E-state index in [4.69, 9.17) is 4.74 Å². The molecular weight excluding hydrogens is 268 g/mol. The van der Waals surface area contributed by atoms with Crippen molar-refractivity contribution in [3.63, 3.8) is 0 Å². The fourth-order valence-corrected chi connectivity index (χ4v) is 2.38. The number of nitrogens with zero attached hydrogens (tertiary/aromatic N) is 2. The molecule has 5 heteroatoms. The van der Waals surface area contributed by atoms with E-state index in [1.54, 1.807) is 16.7 Å². The van der Waals surface area contributed by atoms with Crippen molar-refractivity contribution >= 4 is 11.8 Å². The lowest BCUT2D eigenvalue weighted by Gasteiger charge is -2.34. The van der Waals surface area contributed by atoms with E-state index in [9.17, 15) is 9.59 Å². The van der Waals surface area contributed by atoms with E-state index in [1.807, 2.05) is 32.0 Å². The Hall–Kier alpha value is -2.04. The maximum atomic E-state index is 12.1. The summed E-state index contributed by atoms with van der Waals surface area (Å²) in [6.07, 6.45) is 0. The van der Waals surface area contributed by atoms with Crippen molar-refractivity contribution in [3.8, 4) is 5.75 Å². The van der Waals surface area contributed by atoms with Crippen molar-refractivity contribution in [1.29, 1.82) is 0 Å². The number of amides is 2. The highest BCUT2D eigenvalue weighted by atomic mass is 16.5. The summed E-state index contributed by atoms with van der Waals surface area (Å²) in [4.78, 5) is 26.9. The van der Waals surface area contributed by atoms with Gasteiger partial charge in [-0.2, -0.15) is 0 Å². The zero-order valence-electron chi connectivity index (χ0n) is 12.9. The van der Waals surface area contributed by atoms with Crippen LogP contribution in [-0.2, 0) is 9.59 Å². The predicted octanol–water partition coefficient (Wildman–Crippen LogP) is 1.37. The number of hydrogen-bond donors (Lipinski definition) is 0. The highest BCUT2D eigenvalue weighted by Gasteiger charge is 2.22. The molecule has 0 saturated carbocycles. The second kappa shape index (κ2) is 6.61. The lowest BCUT2D eigenvalue weighted by Crippen LogP contribution is -2.51. The Morgan fingerprint density at radius 2 is 1.71 bits per heavy atom. The predicted molar refractivity (Wildman–Crippen MR) is 80.2 cm³/mol. The van der Waals surface area contributed by atoms with Gasteiger partial charge in [-0.15, -0.1) is 0 Å². The van der Waals surface area contributed by atoms with E-state index < -0.39 is 0 Å². The molecule has 0 atom stereocenters. The number of carbonyl (C=O) groups excluding carboxylic acids is 2. The van der Waals surface area contributed by atoms with Gasteiger partial charge < -0.3 is 14.5 Å². The first-order valence-electron chi connectivity index (χ1n) is 7.21. The van der Waals surface area contributed by atoms with Gasteiger partial charge in [0.2, 0.25) is 5.91 Å². The molecule has 1 aromatic carbocycles. The summed E-state index contributed by atoms with van der Waals surface area (Å²) in [5.41, 5.74) is 2.21. The van der Waals surface area contributed by atoms with Gasteiger partial charge in [0.25, 0.3) is 5.91 Å². The van der Waals surface area contributed by atoms with Crippen LogP contribution in [0.15, 0.2) is 18.2 Å². The van der Waals surface area contributed by atoms with Crippen LogP contribution < -0.4 is 4.74 Å². The summed E-state index contributed by atoms with van der Waals surface area (Å²) in [6, 6.07) is 5.82. The fourth-order valence-electron chi connectivity index (χ4n) is 2.38. The first-order valence-corrected chi connectivity index (χ1v) is 7.21. The van der Waals surface area contributed by atoms with E-state index in [0.717, 1.165) is 16.9 Å². The van der Waals surface area contributed by atoms with E-state index >= 15 is 0 Å². The Morgan fingerprint density at radius 3 is 2.33 bits per heavy atom. The van der Waals surface area contributed by atoms with Crippen LogP contribution in [0.5, 0.6) is 5.75 Å². The largest absolute Gasteiger partial charge is 0.483 e. The molecule has 0 N–H and O–H groups in total. The molecule has 114 valence electrons. The molecule has 1 saturated heterocycles. The maximum absolute atomic E-state index is 12.1. The van der Waals surface area contributed by atoms with Gasteiger partial charge >= 0.3 is 0 Å². The molecule has 0 spiro atoms. The van der Waals surface area contributed by atoms with Crippen LogP contribution in [0.2, 0.25) is 0 Å². The van der Waals surface area contributed by atoms with Gasteiger partial charge in [0.15, 0.2) is 6.61 Å². The molecule has 1 aliphatic rings. The molecule has 1 aromatic rings. The van der Waals surface area contributed by atoms with Crippen LogP contribution in [0.4, 0.5) is 0 Å².